The van der Waals surface area contributed by atoms with Gasteiger partial charge in [0, 0.05) is 10.7 Å². The average Bonchev–Trinajstić information content (AvgIpc) is 2.22. The molecule has 0 spiro atoms. The summed E-state index contributed by atoms with van der Waals surface area (Å²) < 4.78 is 0. The molecule has 88 valence electrons. The molecule has 4 heteroatoms. The maximum absolute atomic E-state index is 11.3. The van der Waals surface area contributed by atoms with Crippen LogP contribution in [0.1, 0.15) is 31.7 Å². The lowest BCUT2D eigenvalue weighted by atomic mass is 9.85. The fraction of sp³-hybridized carbons (Fsp3) is 0.417. The van der Waals surface area contributed by atoms with Crippen molar-refractivity contribution in [1.29, 1.82) is 0 Å². The van der Waals surface area contributed by atoms with E-state index in [1.807, 2.05) is 13.8 Å². The van der Waals surface area contributed by atoms with Crippen molar-refractivity contribution in [1.82, 2.24) is 0 Å². The van der Waals surface area contributed by atoms with Crippen LogP contribution in [0, 0.1) is 5.92 Å². The van der Waals surface area contributed by atoms with E-state index in [1.54, 1.807) is 18.2 Å². The van der Waals surface area contributed by atoms with E-state index in [0.717, 1.165) is 6.42 Å². The fourth-order valence-corrected chi connectivity index (χ4v) is 1.91. The van der Waals surface area contributed by atoms with Gasteiger partial charge in [-0.15, -0.1) is 0 Å². The summed E-state index contributed by atoms with van der Waals surface area (Å²) in [6.45, 7) is 3.86. The molecule has 0 fully saturated rings. The molecule has 1 aromatic rings. The molecule has 0 radical (unpaired) electrons. The van der Waals surface area contributed by atoms with Gasteiger partial charge in [0.25, 0.3) is 0 Å². The number of carbonyl (C=O) groups is 1. The Morgan fingerprint density at radius 3 is 2.69 bits per heavy atom. The SMILES string of the molecule is CCC(C)C(C(=O)O)c1cc(Cl)ccc1N. The zero-order valence-electron chi connectivity index (χ0n) is 9.40. The van der Waals surface area contributed by atoms with Crippen LogP contribution in [-0.2, 0) is 4.79 Å². The van der Waals surface area contributed by atoms with Crippen molar-refractivity contribution in [2.45, 2.75) is 26.2 Å². The van der Waals surface area contributed by atoms with Crippen LogP contribution in [0.4, 0.5) is 5.69 Å². The summed E-state index contributed by atoms with van der Waals surface area (Å²) in [7, 11) is 0. The summed E-state index contributed by atoms with van der Waals surface area (Å²) in [5.74, 6) is -1.43. The van der Waals surface area contributed by atoms with Gasteiger partial charge in [0.15, 0.2) is 0 Å². The zero-order valence-corrected chi connectivity index (χ0v) is 10.2. The van der Waals surface area contributed by atoms with Gasteiger partial charge in [-0.05, 0) is 29.7 Å². The maximum Gasteiger partial charge on any atom is 0.311 e. The summed E-state index contributed by atoms with van der Waals surface area (Å²) in [5, 5.41) is 9.76. The van der Waals surface area contributed by atoms with Crippen molar-refractivity contribution in [2.75, 3.05) is 5.73 Å². The van der Waals surface area contributed by atoms with Gasteiger partial charge in [-0.1, -0.05) is 31.9 Å². The van der Waals surface area contributed by atoms with E-state index in [2.05, 4.69) is 0 Å². The van der Waals surface area contributed by atoms with Crippen LogP contribution in [0.5, 0.6) is 0 Å². The third-order valence-corrected chi connectivity index (χ3v) is 3.10. The minimum Gasteiger partial charge on any atom is -0.481 e. The Morgan fingerprint density at radius 2 is 2.19 bits per heavy atom. The van der Waals surface area contributed by atoms with Gasteiger partial charge in [-0.2, -0.15) is 0 Å². The molecule has 0 bridgehead atoms. The number of benzene rings is 1. The van der Waals surface area contributed by atoms with Crippen LogP contribution in [0.2, 0.25) is 5.02 Å². The molecule has 0 aliphatic heterocycles. The van der Waals surface area contributed by atoms with Crippen LogP contribution in [0.25, 0.3) is 0 Å². The van der Waals surface area contributed by atoms with Crippen LogP contribution in [0.3, 0.4) is 0 Å². The van der Waals surface area contributed by atoms with Crippen LogP contribution in [-0.4, -0.2) is 11.1 Å². The van der Waals surface area contributed by atoms with Crippen molar-refractivity contribution < 1.29 is 9.90 Å². The summed E-state index contributed by atoms with van der Waals surface area (Å²) in [5.41, 5.74) is 6.89. The van der Waals surface area contributed by atoms with Gasteiger partial charge < -0.3 is 10.8 Å². The first-order chi connectivity index (χ1) is 7.47. The number of carboxylic acids is 1. The van der Waals surface area contributed by atoms with Crippen LogP contribution < -0.4 is 5.73 Å². The molecule has 3 N–H and O–H groups in total. The molecule has 0 aromatic heterocycles. The molecule has 2 unspecified atom stereocenters. The summed E-state index contributed by atoms with van der Waals surface area (Å²) in [6, 6.07) is 4.95. The number of nitrogen functional groups attached to an aromatic ring is 1. The van der Waals surface area contributed by atoms with Gasteiger partial charge in [-0.3, -0.25) is 4.79 Å². The molecule has 1 aromatic carbocycles. The van der Waals surface area contributed by atoms with Crippen molar-refractivity contribution >= 4 is 23.3 Å². The van der Waals surface area contributed by atoms with E-state index in [9.17, 15) is 9.90 Å². The Kier molecular flexibility index (Phi) is 4.19. The lowest BCUT2D eigenvalue weighted by Gasteiger charge is -2.20. The highest BCUT2D eigenvalue weighted by Gasteiger charge is 2.27. The van der Waals surface area contributed by atoms with Crippen LogP contribution >= 0.6 is 11.6 Å². The third kappa shape index (κ3) is 2.67. The van der Waals surface area contributed by atoms with E-state index >= 15 is 0 Å². The van der Waals surface area contributed by atoms with E-state index in [-0.39, 0.29) is 5.92 Å². The third-order valence-electron chi connectivity index (χ3n) is 2.86. The smallest absolute Gasteiger partial charge is 0.311 e. The highest BCUT2D eigenvalue weighted by molar-refractivity contribution is 6.30. The minimum absolute atomic E-state index is 0.0262. The predicted molar refractivity (Wildman–Crippen MR) is 65.7 cm³/mol. The van der Waals surface area contributed by atoms with E-state index in [4.69, 9.17) is 17.3 Å². The minimum atomic E-state index is -0.858. The normalized spacial score (nSPS) is 14.4. The molecule has 0 aliphatic carbocycles. The number of aliphatic carboxylic acids is 1. The number of carboxylic acid groups (broad SMARTS) is 1. The van der Waals surface area contributed by atoms with Crippen molar-refractivity contribution in [3.05, 3.63) is 28.8 Å². The Morgan fingerprint density at radius 1 is 1.56 bits per heavy atom. The van der Waals surface area contributed by atoms with Gasteiger partial charge in [0.1, 0.15) is 0 Å². The monoisotopic (exact) mass is 241 g/mol. The fourth-order valence-electron chi connectivity index (χ4n) is 1.73. The zero-order chi connectivity index (χ0) is 12.3. The second-order valence-electron chi connectivity index (χ2n) is 3.97. The molecule has 16 heavy (non-hydrogen) atoms. The van der Waals surface area contributed by atoms with Crippen molar-refractivity contribution in [2.24, 2.45) is 5.92 Å². The number of nitrogens with two attached hydrogens (primary N) is 1. The molecule has 0 saturated carbocycles. The Labute approximate surface area is 100 Å². The molecule has 0 saturated heterocycles. The second kappa shape index (κ2) is 5.21. The molecule has 0 heterocycles. The first-order valence-electron chi connectivity index (χ1n) is 5.25. The highest BCUT2D eigenvalue weighted by Crippen LogP contribution is 2.32. The Balaban J connectivity index is 3.20. The number of rotatable bonds is 4. The van der Waals surface area contributed by atoms with E-state index in [0.29, 0.717) is 16.3 Å². The molecular formula is C12H16ClNO2. The number of hydrogen-bond acceptors (Lipinski definition) is 2. The average molecular weight is 242 g/mol. The number of halogens is 1. The lowest BCUT2D eigenvalue weighted by Crippen LogP contribution is -2.20. The highest BCUT2D eigenvalue weighted by atomic mass is 35.5. The largest absolute Gasteiger partial charge is 0.481 e. The van der Waals surface area contributed by atoms with Crippen LogP contribution in [0.15, 0.2) is 18.2 Å². The van der Waals surface area contributed by atoms with Gasteiger partial charge >= 0.3 is 5.97 Å². The summed E-state index contributed by atoms with van der Waals surface area (Å²) in [4.78, 5) is 11.3. The molecule has 0 amide bonds. The molecule has 0 aliphatic rings. The first-order valence-corrected chi connectivity index (χ1v) is 5.62. The second-order valence-corrected chi connectivity index (χ2v) is 4.41. The van der Waals surface area contributed by atoms with Gasteiger partial charge in [-0.25, -0.2) is 0 Å². The predicted octanol–water partition coefficient (Wildman–Crippen LogP) is 3.14. The van der Waals surface area contributed by atoms with Gasteiger partial charge in [0.2, 0.25) is 0 Å². The Bertz CT molecular complexity index is 393. The van der Waals surface area contributed by atoms with Crippen molar-refractivity contribution in [3.63, 3.8) is 0 Å². The maximum atomic E-state index is 11.3. The van der Waals surface area contributed by atoms with Gasteiger partial charge in [0.05, 0.1) is 5.92 Å². The first kappa shape index (κ1) is 12.8. The standard InChI is InChI=1S/C12H16ClNO2/c1-3-7(2)11(12(15)16)9-6-8(13)4-5-10(9)14/h4-7,11H,3,14H2,1-2H3,(H,15,16). The molecule has 1 rings (SSSR count). The lowest BCUT2D eigenvalue weighted by molar-refractivity contribution is -0.140. The Hall–Kier alpha value is -1.22. The summed E-state index contributed by atoms with van der Waals surface area (Å²) >= 11 is 5.86. The number of hydrogen-bond donors (Lipinski definition) is 2. The van der Waals surface area contributed by atoms with Crippen molar-refractivity contribution in [3.8, 4) is 0 Å². The quantitative estimate of drug-likeness (QED) is 0.796. The molecule has 2 atom stereocenters. The van der Waals surface area contributed by atoms with E-state index < -0.39 is 11.9 Å². The molecule has 3 nitrogen and oxygen atoms in total. The summed E-state index contributed by atoms with van der Waals surface area (Å²) in [6.07, 6.45) is 0.781. The topological polar surface area (TPSA) is 63.3 Å². The number of anilines is 1. The molecular weight excluding hydrogens is 226 g/mol. The van der Waals surface area contributed by atoms with E-state index in [1.165, 1.54) is 0 Å².